The third kappa shape index (κ3) is 4.50. The maximum absolute atomic E-state index is 12.0. The maximum Gasteiger partial charge on any atom is 0.389 e. The van der Waals surface area contributed by atoms with Gasteiger partial charge in [-0.1, -0.05) is 0 Å². The molecule has 1 N–H and O–H groups in total. The van der Waals surface area contributed by atoms with Gasteiger partial charge in [-0.15, -0.1) is 0 Å². The van der Waals surface area contributed by atoms with Crippen LogP contribution in [0.4, 0.5) is 18.9 Å². The molecule has 1 aromatic rings. The number of halogens is 4. The molecule has 1 aromatic heterocycles. The Bertz CT molecular complexity index is 526. The first-order chi connectivity index (χ1) is 9.37. The molecule has 2 rings (SSSR count). The van der Waals surface area contributed by atoms with Crippen molar-refractivity contribution in [2.45, 2.75) is 38.4 Å². The lowest BCUT2D eigenvalue weighted by atomic mass is 10.3. The van der Waals surface area contributed by atoms with Gasteiger partial charge in [-0.05, 0) is 41.1 Å². The third-order valence-electron chi connectivity index (χ3n) is 3.07. The van der Waals surface area contributed by atoms with E-state index in [1.54, 1.807) is 0 Å². The molecule has 0 aliphatic heterocycles. The molecule has 0 spiro atoms. The SMILES string of the molecule is O=c1c(Br)c(NCCCC(F)(F)F)cnn1CC1CC1. The van der Waals surface area contributed by atoms with E-state index in [0.29, 0.717) is 22.6 Å². The zero-order chi connectivity index (χ0) is 14.8. The molecular weight excluding hydrogens is 339 g/mol. The summed E-state index contributed by atoms with van der Waals surface area (Å²) < 4.78 is 37.7. The zero-order valence-electron chi connectivity index (χ0n) is 10.7. The van der Waals surface area contributed by atoms with E-state index in [0.717, 1.165) is 12.8 Å². The number of anilines is 1. The van der Waals surface area contributed by atoms with Crippen molar-refractivity contribution in [3.63, 3.8) is 0 Å². The van der Waals surface area contributed by atoms with E-state index in [1.165, 1.54) is 10.9 Å². The quantitative estimate of drug-likeness (QED) is 0.799. The van der Waals surface area contributed by atoms with Crippen LogP contribution >= 0.6 is 15.9 Å². The monoisotopic (exact) mass is 353 g/mol. The Kier molecular flexibility index (Phi) is 4.72. The Labute approximate surface area is 122 Å². The van der Waals surface area contributed by atoms with Crippen LogP contribution in [0.15, 0.2) is 15.5 Å². The third-order valence-corrected chi connectivity index (χ3v) is 3.83. The first-order valence-electron chi connectivity index (χ1n) is 6.43. The second kappa shape index (κ2) is 6.15. The molecule has 1 heterocycles. The number of alkyl halides is 3. The van der Waals surface area contributed by atoms with Crippen LogP contribution in [-0.4, -0.2) is 22.5 Å². The Morgan fingerprint density at radius 1 is 1.45 bits per heavy atom. The van der Waals surface area contributed by atoms with Crippen molar-refractivity contribution in [2.75, 3.05) is 11.9 Å². The summed E-state index contributed by atoms with van der Waals surface area (Å²) in [4.78, 5) is 12.0. The topological polar surface area (TPSA) is 46.9 Å². The van der Waals surface area contributed by atoms with Gasteiger partial charge in [-0.25, -0.2) is 4.68 Å². The fourth-order valence-electron chi connectivity index (χ4n) is 1.78. The Morgan fingerprint density at radius 3 is 2.75 bits per heavy atom. The van der Waals surface area contributed by atoms with E-state index in [2.05, 4.69) is 26.3 Å². The molecule has 1 fully saturated rings. The van der Waals surface area contributed by atoms with Crippen LogP contribution in [0, 0.1) is 5.92 Å². The normalized spacial score (nSPS) is 15.4. The molecule has 1 saturated carbocycles. The van der Waals surface area contributed by atoms with Gasteiger partial charge in [0.15, 0.2) is 0 Å². The van der Waals surface area contributed by atoms with Crippen molar-refractivity contribution >= 4 is 21.6 Å². The highest BCUT2D eigenvalue weighted by Gasteiger charge is 2.26. The number of nitrogens with one attached hydrogen (secondary N) is 1. The molecule has 20 heavy (non-hydrogen) atoms. The van der Waals surface area contributed by atoms with Crippen molar-refractivity contribution < 1.29 is 13.2 Å². The summed E-state index contributed by atoms with van der Waals surface area (Å²) in [5, 5.41) is 6.84. The van der Waals surface area contributed by atoms with E-state index in [-0.39, 0.29) is 18.5 Å². The van der Waals surface area contributed by atoms with Gasteiger partial charge in [-0.2, -0.15) is 18.3 Å². The number of hydrogen-bond donors (Lipinski definition) is 1. The predicted octanol–water partition coefficient (Wildman–Crippen LogP) is 3.17. The molecule has 0 radical (unpaired) electrons. The summed E-state index contributed by atoms with van der Waals surface area (Å²) in [6.07, 6.45) is -1.33. The maximum atomic E-state index is 12.0. The largest absolute Gasteiger partial charge is 0.389 e. The van der Waals surface area contributed by atoms with E-state index in [9.17, 15) is 18.0 Å². The van der Waals surface area contributed by atoms with Crippen LogP contribution in [0.25, 0.3) is 0 Å². The summed E-state index contributed by atoms with van der Waals surface area (Å²) in [7, 11) is 0. The highest BCUT2D eigenvalue weighted by atomic mass is 79.9. The van der Waals surface area contributed by atoms with Gasteiger partial charge in [0.05, 0.1) is 11.9 Å². The molecule has 1 aliphatic carbocycles. The minimum atomic E-state index is -4.15. The second-order valence-electron chi connectivity index (χ2n) is 4.95. The molecule has 0 unspecified atom stereocenters. The molecule has 4 nitrogen and oxygen atoms in total. The van der Waals surface area contributed by atoms with Crippen molar-refractivity contribution in [1.82, 2.24) is 9.78 Å². The van der Waals surface area contributed by atoms with Crippen LogP contribution in [0.1, 0.15) is 25.7 Å². The molecule has 0 atom stereocenters. The standard InChI is InChI=1S/C12H15BrF3N3O/c13-10-9(17-5-1-4-12(14,15)16)6-18-19(11(10)20)7-8-2-3-8/h6,8,17H,1-5,7H2. The summed E-state index contributed by atoms with van der Waals surface area (Å²) in [5.41, 5.74) is 0.182. The predicted molar refractivity (Wildman–Crippen MR) is 72.7 cm³/mol. The fourth-order valence-corrected chi connectivity index (χ4v) is 2.22. The first kappa shape index (κ1) is 15.3. The fraction of sp³-hybridized carbons (Fsp3) is 0.667. The van der Waals surface area contributed by atoms with Gasteiger partial charge in [0, 0.05) is 19.5 Å². The van der Waals surface area contributed by atoms with Gasteiger partial charge >= 0.3 is 6.18 Å². The average Bonchev–Trinajstić information content (AvgIpc) is 3.16. The Balaban J connectivity index is 1.91. The second-order valence-corrected chi connectivity index (χ2v) is 5.74. The van der Waals surface area contributed by atoms with Crippen LogP contribution < -0.4 is 10.9 Å². The van der Waals surface area contributed by atoms with Crippen LogP contribution in [0.2, 0.25) is 0 Å². The number of aromatic nitrogens is 2. The summed E-state index contributed by atoms with van der Waals surface area (Å²) in [6.45, 7) is 0.748. The lowest BCUT2D eigenvalue weighted by molar-refractivity contribution is -0.134. The Hall–Kier alpha value is -1.05. The molecule has 0 aromatic carbocycles. The van der Waals surface area contributed by atoms with Gasteiger partial charge in [0.2, 0.25) is 0 Å². The molecular formula is C12H15BrF3N3O. The van der Waals surface area contributed by atoms with Crippen molar-refractivity contribution in [1.29, 1.82) is 0 Å². The van der Waals surface area contributed by atoms with Gasteiger partial charge in [-0.3, -0.25) is 4.79 Å². The smallest absolute Gasteiger partial charge is 0.383 e. The van der Waals surface area contributed by atoms with Crippen molar-refractivity contribution in [3.8, 4) is 0 Å². The Morgan fingerprint density at radius 2 is 2.15 bits per heavy atom. The zero-order valence-corrected chi connectivity index (χ0v) is 12.3. The van der Waals surface area contributed by atoms with Crippen molar-refractivity contribution in [2.24, 2.45) is 5.92 Å². The molecule has 1 aliphatic rings. The number of hydrogen-bond acceptors (Lipinski definition) is 3. The van der Waals surface area contributed by atoms with E-state index >= 15 is 0 Å². The number of nitrogens with zero attached hydrogens (tertiary/aromatic N) is 2. The van der Waals surface area contributed by atoms with Gasteiger partial charge in [0.1, 0.15) is 4.47 Å². The van der Waals surface area contributed by atoms with E-state index in [1.807, 2.05) is 0 Å². The molecule has 112 valence electrons. The highest BCUT2D eigenvalue weighted by Crippen LogP contribution is 2.30. The first-order valence-corrected chi connectivity index (χ1v) is 7.22. The van der Waals surface area contributed by atoms with Crippen LogP contribution in [0.5, 0.6) is 0 Å². The molecule has 0 saturated heterocycles. The van der Waals surface area contributed by atoms with Crippen LogP contribution in [-0.2, 0) is 6.54 Å². The van der Waals surface area contributed by atoms with E-state index in [4.69, 9.17) is 0 Å². The summed E-state index contributed by atoms with van der Waals surface area (Å²) in [5.74, 6) is 0.526. The number of rotatable bonds is 6. The molecule has 0 bridgehead atoms. The molecule has 0 amide bonds. The van der Waals surface area contributed by atoms with Crippen molar-refractivity contribution in [3.05, 3.63) is 21.0 Å². The summed E-state index contributed by atoms with van der Waals surface area (Å²) >= 11 is 3.17. The van der Waals surface area contributed by atoms with E-state index < -0.39 is 12.6 Å². The minimum Gasteiger partial charge on any atom is -0.383 e. The van der Waals surface area contributed by atoms with Gasteiger partial charge in [0.25, 0.3) is 5.56 Å². The minimum absolute atomic E-state index is 0.0406. The van der Waals surface area contributed by atoms with Crippen LogP contribution in [0.3, 0.4) is 0 Å². The lowest BCUT2D eigenvalue weighted by Gasteiger charge is -2.11. The lowest BCUT2D eigenvalue weighted by Crippen LogP contribution is -2.25. The highest BCUT2D eigenvalue weighted by molar-refractivity contribution is 9.10. The van der Waals surface area contributed by atoms with Gasteiger partial charge < -0.3 is 5.32 Å². The summed E-state index contributed by atoms with van der Waals surface area (Å²) in [6, 6.07) is 0. The average molecular weight is 354 g/mol. The molecule has 8 heteroatoms.